The molecule has 3 aromatic rings. The molecule has 1 heterocycles. The van der Waals surface area contributed by atoms with Gasteiger partial charge in [0.15, 0.2) is 0 Å². The summed E-state index contributed by atoms with van der Waals surface area (Å²) < 4.78 is 40.5. The number of aromatic nitrogens is 1. The Kier molecular flexibility index (Phi) is 5.94. The lowest BCUT2D eigenvalue weighted by atomic mass is 10.1. The Hall–Kier alpha value is -3.53. The summed E-state index contributed by atoms with van der Waals surface area (Å²) in [6.45, 7) is -1.07. The van der Waals surface area contributed by atoms with Crippen molar-refractivity contribution in [1.82, 2.24) is 9.88 Å². The number of carbonyl (C=O) groups is 2. The number of hydrogen-bond donors (Lipinski definition) is 3. The lowest BCUT2D eigenvalue weighted by molar-refractivity contribution is -0.137. The Morgan fingerprint density at radius 2 is 1.81 bits per heavy atom. The molecule has 3 rings (SSSR count). The molecule has 3 N–H and O–H groups in total. The molecule has 31 heavy (non-hydrogen) atoms. The lowest BCUT2D eigenvalue weighted by Crippen LogP contribution is -2.36. The Bertz CT molecular complexity index is 1250. The first-order valence-corrected chi connectivity index (χ1v) is 9.08. The van der Waals surface area contributed by atoms with Gasteiger partial charge in [0.25, 0.3) is 11.5 Å². The number of nitrogens with zero attached hydrogens (tertiary/aromatic N) is 1. The highest BCUT2D eigenvalue weighted by atomic mass is 35.5. The first kappa shape index (κ1) is 22.2. The second kappa shape index (κ2) is 8.31. The Morgan fingerprint density at radius 1 is 1.13 bits per heavy atom. The van der Waals surface area contributed by atoms with Crippen LogP contribution >= 0.6 is 11.6 Å². The Balaban J connectivity index is 2.29. The first-order chi connectivity index (χ1) is 14.5. The van der Waals surface area contributed by atoms with Crippen LogP contribution in [0.4, 0.5) is 13.2 Å². The van der Waals surface area contributed by atoms with Crippen molar-refractivity contribution < 1.29 is 33.0 Å². The van der Waals surface area contributed by atoms with Gasteiger partial charge < -0.3 is 20.1 Å². The van der Waals surface area contributed by atoms with Crippen molar-refractivity contribution >= 4 is 34.4 Å². The number of rotatable bonds is 5. The van der Waals surface area contributed by atoms with E-state index in [0.29, 0.717) is 11.6 Å². The molecule has 0 aliphatic rings. The number of fused-ring (bicyclic) bond motifs is 1. The van der Waals surface area contributed by atoms with Crippen LogP contribution in [-0.4, -0.2) is 33.2 Å². The molecule has 1 aromatic heterocycles. The summed E-state index contributed by atoms with van der Waals surface area (Å²) in [4.78, 5) is 36.1. The van der Waals surface area contributed by atoms with Crippen molar-refractivity contribution in [3.63, 3.8) is 0 Å². The highest BCUT2D eigenvalue weighted by Crippen LogP contribution is 2.35. The minimum Gasteiger partial charge on any atom is -0.506 e. The number of carboxylic acid groups (broad SMARTS) is 1. The summed E-state index contributed by atoms with van der Waals surface area (Å²) in [6.07, 6.45) is -4.74. The maximum atomic E-state index is 13.2. The number of halogens is 4. The quantitative estimate of drug-likeness (QED) is 0.548. The first-order valence-electron chi connectivity index (χ1n) is 8.71. The lowest BCUT2D eigenvalue weighted by Gasteiger charge is -2.17. The highest BCUT2D eigenvalue weighted by molar-refractivity contribution is 6.31. The van der Waals surface area contributed by atoms with Gasteiger partial charge >= 0.3 is 12.1 Å². The third kappa shape index (κ3) is 4.48. The molecule has 0 aliphatic carbocycles. The van der Waals surface area contributed by atoms with E-state index in [-0.39, 0.29) is 17.1 Å². The molecule has 0 spiro atoms. The van der Waals surface area contributed by atoms with E-state index < -0.39 is 52.4 Å². The number of aromatic hydroxyl groups is 1. The number of hydrogen-bond acceptors (Lipinski definition) is 4. The fourth-order valence-electron chi connectivity index (χ4n) is 3.02. The van der Waals surface area contributed by atoms with Gasteiger partial charge in [-0.05, 0) is 29.8 Å². The van der Waals surface area contributed by atoms with Crippen molar-refractivity contribution in [3.05, 3.63) is 74.5 Å². The second-order valence-corrected chi connectivity index (χ2v) is 6.92. The van der Waals surface area contributed by atoms with E-state index in [4.69, 9.17) is 16.7 Å². The van der Waals surface area contributed by atoms with Crippen LogP contribution in [0.2, 0.25) is 5.02 Å². The summed E-state index contributed by atoms with van der Waals surface area (Å²) in [6, 6.07) is 8.78. The van der Waals surface area contributed by atoms with Gasteiger partial charge in [-0.25, -0.2) is 0 Å². The summed E-state index contributed by atoms with van der Waals surface area (Å²) >= 11 is 6.12. The molecule has 0 bridgehead atoms. The minimum atomic E-state index is -4.74. The van der Waals surface area contributed by atoms with Crippen LogP contribution in [0.5, 0.6) is 5.75 Å². The van der Waals surface area contributed by atoms with Gasteiger partial charge in [-0.2, -0.15) is 13.2 Å². The number of aliphatic carboxylic acids is 1. The molecule has 0 saturated carbocycles. The summed E-state index contributed by atoms with van der Waals surface area (Å²) in [5.74, 6) is -3.63. The summed E-state index contributed by atoms with van der Waals surface area (Å²) in [7, 11) is 0. The van der Waals surface area contributed by atoms with E-state index in [1.165, 1.54) is 0 Å². The van der Waals surface area contributed by atoms with E-state index in [9.17, 15) is 32.7 Å². The molecule has 0 aliphatic heterocycles. The molecule has 7 nitrogen and oxygen atoms in total. The van der Waals surface area contributed by atoms with Crippen molar-refractivity contribution in [2.24, 2.45) is 0 Å². The SMILES string of the molecule is O=C(O)CNC(=O)c1c(O)c2cc(C(F)(F)F)ccc2n(Cc2ccccc2Cl)c1=O. The van der Waals surface area contributed by atoms with Crippen LogP contribution in [0.25, 0.3) is 10.9 Å². The fraction of sp³-hybridized carbons (Fsp3) is 0.150. The van der Waals surface area contributed by atoms with Crippen molar-refractivity contribution in [2.45, 2.75) is 12.7 Å². The van der Waals surface area contributed by atoms with Crippen LogP contribution in [0, 0.1) is 0 Å². The molecule has 0 radical (unpaired) electrons. The van der Waals surface area contributed by atoms with Crippen molar-refractivity contribution in [3.8, 4) is 5.75 Å². The fourth-order valence-corrected chi connectivity index (χ4v) is 3.22. The number of amides is 1. The molecule has 1 amide bonds. The zero-order valence-corrected chi connectivity index (χ0v) is 16.3. The normalized spacial score (nSPS) is 11.5. The molecule has 162 valence electrons. The topological polar surface area (TPSA) is 109 Å². The summed E-state index contributed by atoms with van der Waals surface area (Å²) in [5, 5.41) is 21.0. The molecule has 0 fully saturated rings. The Labute approximate surface area is 177 Å². The van der Waals surface area contributed by atoms with Gasteiger partial charge in [0.05, 0.1) is 17.6 Å². The van der Waals surface area contributed by atoms with Crippen LogP contribution in [0.3, 0.4) is 0 Å². The average Bonchev–Trinajstić information content (AvgIpc) is 2.70. The van der Waals surface area contributed by atoms with Gasteiger partial charge in [0.1, 0.15) is 17.9 Å². The molecular weight excluding hydrogens is 441 g/mol. The van der Waals surface area contributed by atoms with E-state index in [1.54, 1.807) is 24.3 Å². The summed E-state index contributed by atoms with van der Waals surface area (Å²) in [5.41, 5.74) is -2.62. The number of carbonyl (C=O) groups excluding carboxylic acids is 1. The van der Waals surface area contributed by atoms with Crippen LogP contribution < -0.4 is 10.9 Å². The third-order valence-electron chi connectivity index (χ3n) is 4.48. The standard InChI is InChI=1S/C20H14ClF3N2O5/c21-13-4-2-1-3-10(13)9-26-14-6-5-11(20(22,23)24)7-12(14)17(29)16(19(26)31)18(30)25-8-15(27)28/h1-7,29H,8-9H2,(H,25,30)(H,27,28). The van der Waals surface area contributed by atoms with Gasteiger partial charge in [0, 0.05) is 10.4 Å². The van der Waals surface area contributed by atoms with E-state index in [0.717, 1.165) is 16.7 Å². The van der Waals surface area contributed by atoms with E-state index in [2.05, 4.69) is 0 Å². The van der Waals surface area contributed by atoms with Crippen LogP contribution in [-0.2, 0) is 17.5 Å². The predicted molar refractivity (Wildman–Crippen MR) is 105 cm³/mol. The van der Waals surface area contributed by atoms with E-state index in [1.807, 2.05) is 5.32 Å². The zero-order valence-electron chi connectivity index (χ0n) is 15.5. The maximum Gasteiger partial charge on any atom is 0.416 e. The largest absolute Gasteiger partial charge is 0.506 e. The molecular formula is C20H14ClF3N2O5. The van der Waals surface area contributed by atoms with Gasteiger partial charge in [0.2, 0.25) is 0 Å². The predicted octanol–water partition coefficient (Wildman–Crippen LogP) is 3.24. The number of carboxylic acids is 1. The van der Waals surface area contributed by atoms with E-state index >= 15 is 0 Å². The smallest absolute Gasteiger partial charge is 0.416 e. The minimum absolute atomic E-state index is 0.0646. The monoisotopic (exact) mass is 454 g/mol. The van der Waals surface area contributed by atoms with Crippen molar-refractivity contribution in [1.29, 1.82) is 0 Å². The zero-order chi connectivity index (χ0) is 22.9. The highest BCUT2D eigenvalue weighted by Gasteiger charge is 2.32. The number of pyridine rings is 1. The number of nitrogens with one attached hydrogen (secondary N) is 1. The van der Waals surface area contributed by atoms with Gasteiger partial charge in [-0.3, -0.25) is 14.4 Å². The molecule has 0 saturated heterocycles. The van der Waals surface area contributed by atoms with Gasteiger partial charge in [-0.15, -0.1) is 0 Å². The Morgan fingerprint density at radius 3 is 2.42 bits per heavy atom. The molecule has 11 heteroatoms. The number of benzene rings is 2. The number of alkyl halides is 3. The van der Waals surface area contributed by atoms with Gasteiger partial charge in [-0.1, -0.05) is 29.8 Å². The van der Waals surface area contributed by atoms with Crippen LogP contribution in [0.1, 0.15) is 21.5 Å². The molecule has 0 unspecified atom stereocenters. The average molecular weight is 455 g/mol. The molecule has 0 atom stereocenters. The second-order valence-electron chi connectivity index (χ2n) is 6.51. The molecule has 2 aromatic carbocycles. The van der Waals surface area contributed by atoms with Crippen molar-refractivity contribution in [2.75, 3.05) is 6.54 Å². The van der Waals surface area contributed by atoms with Crippen LogP contribution in [0.15, 0.2) is 47.3 Å². The third-order valence-corrected chi connectivity index (χ3v) is 4.85. The maximum absolute atomic E-state index is 13.2.